The molecule has 0 saturated heterocycles. The van der Waals surface area contributed by atoms with Crippen LogP contribution in [0.1, 0.15) is 0 Å². The number of anilines is 6. The number of benzene rings is 6. The molecule has 4 nitrogen and oxygen atoms in total. The summed E-state index contributed by atoms with van der Waals surface area (Å²) in [5, 5.41) is 0. The molecular formula is C46H34N4. The van der Waals surface area contributed by atoms with Crippen molar-refractivity contribution in [3.8, 4) is 33.6 Å². The minimum Gasteiger partial charge on any atom is -0.310 e. The maximum Gasteiger partial charge on any atom is 0.0802 e. The van der Waals surface area contributed by atoms with Gasteiger partial charge in [0, 0.05) is 57.4 Å². The second-order valence-corrected chi connectivity index (χ2v) is 11.8. The molecular weight excluding hydrogens is 609 g/mol. The standard InChI is InChI=1S/C46H34N4/c1-5-19-35(20-6-1)49(36-21-7-2-8-22-36)43-31-15-13-27-41(43)45-39(29-17-33-47-45)40-30-18-34-48-46(40)42-28-14-16-32-44(42)50(37-23-9-3-10-24-37)38-25-11-4-12-26-38/h1-34H. The highest BCUT2D eigenvalue weighted by molar-refractivity contribution is 5.97. The highest BCUT2D eigenvalue weighted by atomic mass is 15.2. The molecule has 8 rings (SSSR count). The van der Waals surface area contributed by atoms with Crippen LogP contribution in [0.2, 0.25) is 0 Å². The van der Waals surface area contributed by atoms with Crippen LogP contribution in [0.25, 0.3) is 33.6 Å². The van der Waals surface area contributed by atoms with Crippen LogP contribution in [0.15, 0.2) is 207 Å². The molecule has 50 heavy (non-hydrogen) atoms. The lowest BCUT2D eigenvalue weighted by atomic mass is 9.93. The summed E-state index contributed by atoms with van der Waals surface area (Å²) in [6, 6.07) is 67.3. The first-order chi connectivity index (χ1) is 24.9. The summed E-state index contributed by atoms with van der Waals surface area (Å²) in [5.74, 6) is 0. The van der Waals surface area contributed by atoms with E-state index in [0.717, 1.165) is 67.8 Å². The molecule has 0 aliphatic heterocycles. The Morgan fingerprint density at radius 2 is 0.540 bits per heavy atom. The van der Waals surface area contributed by atoms with Crippen molar-refractivity contribution in [3.05, 3.63) is 207 Å². The van der Waals surface area contributed by atoms with Crippen LogP contribution < -0.4 is 9.80 Å². The summed E-state index contributed by atoms with van der Waals surface area (Å²) in [7, 11) is 0. The second-order valence-electron chi connectivity index (χ2n) is 11.8. The summed E-state index contributed by atoms with van der Waals surface area (Å²) >= 11 is 0. The highest BCUT2D eigenvalue weighted by Gasteiger charge is 2.23. The second kappa shape index (κ2) is 14.1. The van der Waals surface area contributed by atoms with Gasteiger partial charge in [-0.15, -0.1) is 0 Å². The molecule has 0 fully saturated rings. The van der Waals surface area contributed by atoms with Crippen molar-refractivity contribution in [1.82, 2.24) is 9.97 Å². The van der Waals surface area contributed by atoms with Gasteiger partial charge in [0.2, 0.25) is 0 Å². The largest absolute Gasteiger partial charge is 0.310 e. The summed E-state index contributed by atoms with van der Waals surface area (Å²) in [6.45, 7) is 0. The van der Waals surface area contributed by atoms with Crippen molar-refractivity contribution in [2.75, 3.05) is 9.80 Å². The predicted octanol–water partition coefficient (Wildman–Crippen LogP) is 12.4. The molecule has 0 radical (unpaired) electrons. The van der Waals surface area contributed by atoms with Crippen LogP contribution >= 0.6 is 0 Å². The number of para-hydroxylation sites is 6. The Morgan fingerprint density at radius 3 is 0.880 bits per heavy atom. The van der Waals surface area contributed by atoms with Gasteiger partial charge in [-0.1, -0.05) is 121 Å². The molecule has 2 heterocycles. The highest BCUT2D eigenvalue weighted by Crippen LogP contribution is 2.46. The number of hydrogen-bond acceptors (Lipinski definition) is 4. The molecule has 0 atom stereocenters. The molecule has 0 spiro atoms. The van der Waals surface area contributed by atoms with Gasteiger partial charge >= 0.3 is 0 Å². The third-order valence-corrected chi connectivity index (χ3v) is 8.76. The van der Waals surface area contributed by atoms with Crippen LogP contribution in [0.4, 0.5) is 34.1 Å². The van der Waals surface area contributed by atoms with E-state index in [9.17, 15) is 0 Å². The van der Waals surface area contributed by atoms with Crippen LogP contribution in [-0.2, 0) is 0 Å². The molecule has 0 bridgehead atoms. The van der Waals surface area contributed by atoms with Gasteiger partial charge in [0.1, 0.15) is 0 Å². The Kier molecular flexibility index (Phi) is 8.64. The van der Waals surface area contributed by atoms with Crippen LogP contribution in [-0.4, -0.2) is 9.97 Å². The van der Waals surface area contributed by atoms with E-state index in [2.05, 4.69) is 168 Å². The van der Waals surface area contributed by atoms with Crippen molar-refractivity contribution in [2.45, 2.75) is 0 Å². The summed E-state index contributed by atoms with van der Waals surface area (Å²) < 4.78 is 0. The Hall–Kier alpha value is -6.78. The van der Waals surface area contributed by atoms with E-state index in [4.69, 9.17) is 9.97 Å². The van der Waals surface area contributed by atoms with Gasteiger partial charge in [-0.3, -0.25) is 9.97 Å². The molecule has 0 unspecified atom stereocenters. The summed E-state index contributed by atoms with van der Waals surface area (Å²) in [4.78, 5) is 14.7. The SMILES string of the molecule is c1ccc(N(c2ccccc2)c2ccccc2-c2ncccc2-c2cccnc2-c2ccccc2N(c2ccccc2)c2ccccc2)cc1. The maximum absolute atomic E-state index is 5.08. The van der Waals surface area contributed by atoms with E-state index < -0.39 is 0 Å². The van der Waals surface area contributed by atoms with Crippen molar-refractivity contribution >= 4 is 34.1 Å². The van der Waals surface area contributed by atoms with Crippen LogP contribution in [0, 0.1) is 0 Å². The molecule has 0 N–H and O–H groups in total. The predicted molar refractivity (Wildman–Crippen MR) is 208 cm³/mol. The first kappa shape index (κ1) is 30.5. The van der Waals surface area contributed by atoms with Crippen molar-refractivity contribution in [2.24, 2.45) is 0 Å². The topological polar surface area (TPSA) is 32.3 Å². The Labute approximate surface area is 293 Å². The fourth-order valence-electron chi connectivity index (χ4n) is 6.58. The summed E-state index contributed by atoms with van der Waals surface area (Å²) in [6.07, 6.45) is 3.75. The Balaban J connectivity index is 1.31. The van der Waals surface area contributed by atoms with Gasteiger partial charge < -0.3 is 9.80 Å². The van der Waals surface area contributed by atoms with Crippen molar-refractivity contribution in [3.63, 3.8) is 0 Å². The number of aromatic nitrogens is 2. The van der Waals surface area contributed by atoms with Crippen LogP contribution in [0.5, 0.6) is 0 Å². The zero-order valence-corrected chi connectivity index (χ0v) is 27.4. The van der Waals surface area contributed by atoms with Gasteiger partial charge in [-0.2, -0.15) is 0 Å². The average molecular weight is 643 g/mol. The number of nitrogens with zero attached hydrogens (tertiary/aromatic N) is 4. The molecule has 6 aromatic carbocycles. The molecule has 2 aromatic heterocycles. The zero-order chi connectivity index (χ0) is 33.5. The minimum atomic E-state index is 0.884. The number of pyridine rings is 2. The molecule has 238 valence electrons. The van der Waals surface area contributed by atoms with E-state index in [1.807, 2.05) is 48.8 Å². The molecule has 0 saturated carbocycles. The first-order valence-corrected chi connectivity index (χ1v) is 16.8. The van der Waals surface area contributed by atoms with Crippen molar-refractivity contribution < 1.29 is 0 Å². The number of hydrogen-bond donors (Lipinski definition) is 0. The Morgan fingerprint density at radius 1 is 0.260 bits per heavy atom. The van der Waals surface area contributed by atoms with E-state index in [1.165, 1.54) is 0 Å². The van der Waals surface area contributed by atoms with Gasteiger partial charge in [0.15, 0.2) is 0 Å². The maximum atomic E-state index is 5.08. The molecule has 0 amide bonds. The average Bonchev–Trinajstić information content (AvgIpc) is 3.20. The molecule has 0 aliphatic rings. The summed E-state index contributed by atoms with van der Waals surface area (Å²) in [5.41, 5.74) is 12.2. The fraction of sp³-hybridized carbons (Fsp3) is 0. The monoisotopic (exact) mass is 642 g/mol. The molecule has 4 heteroatoms. The van der Waals surface area contributed by atoms with E-state index in [0.29, 0.717) is 0 Å². The van der Waals surface area contributed by atoms with E-state index >= 15 is 0 Å². The zero-order valence-electron chi connectivity index (χ0n) is 27.4. The van der Waals surface area contributed by atoms with Crippen molar-refractivity contribution in [1.29, 1.82) is 0 Å². The fourth-order valence-corrected chi connectivity index (χ4v) is 6.58. The van der Waals surface area contributed by atoms with Crippen LogP contribution in [0.3, 0.4) is 0 Å². The van der Waals surface area contributed by atoms with Gasteiger partial charge in [0.05, 0.1) is 22.8 Å². The molecule has 0 aliphatic carbocycles. The first-order valence-electron chi connectivity index (χ1n) is 16.8. The smallest absolute Gasteiger partial charge is 0.0802 e. The third-order valence-electron chi connectivity index (χ3n) is 8.76. The third kappa shape index (κ3) is 6.02. The molecule has 8 aromatic rings. The van der Waals surface area contributed by atoms with Gasteiger partial charge in [-0.05, 0) is 72.8 Å². The number of rotatable bonds is 9. The lowest BCUT2D eigenvalue weighted by Crippen LogP contribution is -2.12. The van der Waals surface area contributed by atoms with E-state index in [-0.39, 0.29) is 0 Å². The lowest BCUT2D eigenvalue weighted by Gasteiger charge is -2.28. The quantitative estimate of drug-likeness (QED) is 0.157. The van der Waals surface area contributed by atoms with Gasteiger partial charge in [0.25, 0.3) is 0 Å². The normalized spacial score (nSPS) is 10.8. The Bertz CT molecular complexity index is 2080. The van der Waals surface area contributed by atoms with E-state index in [1.54, 1.807) is 0 Å². The lowest BCUT2D eigenvalue weighted by molar-refractivity contribution is 1.25. The van der Waals surface area contributed by atoms with Gasteiger partial charge in [-0.25, -0.2) is 0 Å². The minimum absolute atomic E-state index is 0.884.